The summed E-state index contributed by atoms with van der Waals surface area (Å²) in [5.41, 5.74) is 1.21. The predicted molar refractivity (Wildman–Crippen MR) is 101 cm³/mol. The summed E-state index contributed by atoms with van der Waals surface area (Å²) in [6, 6.07) is 15.8. The van der Waals surface area contributed by atoms with Crippen LogP contribution in [0.3, 0.4) is 0 Å². The van der Waals surface area contributed by atoms with Crippen LogP contribution in [0.15, 0.2) is 54.6 Å². The average molecular weight is 375 g/mol. The highest BCUT2D eigenvalue weighted by Crippen LogP contribution is 2.25. The fourth-order valence-electron chi connectivity index (χ4n) is 2.67. The van der Waals surface area contributed by atoms with Gasteiger partial charge in [-0.2, -0.15) is 0 Å². The molecule has 26 heavy (non-hydrogen) atoms. The van der Waals surface area contributed by atoms with Gasteiger partial charge in [0.2, 0.25) is 10.0 Å². The molecule has 138 valence electrons. The van der Waals surface area contributed by atoms with Crippen LogP contribution >= 0.6 is 0 Å². The zero-order valence-electron chi connectivity index (χ0n) is 14.2. The Morgan fingerprint density at radius 1 is 1.08 bits per heavy atom. The molecule has 1 aliphatic rings. The highest BCUT2D eigenvalue weighted by atomic mass is 32.2. The first-order valence-electron chi connectivity index (χ1n) is 8.38. The molecule has 2 aromatic rings. The molecule has 2 amide bonds. The topological polar surface area (TPSA) is 87.7 Å². The van der Waals surface area contributed by atoms with Crippen LogP contribution in [0.5, 0.6) is 5.75 Å². The number of carbonyl (C=O) groups excluding carboxylic acids is 1. The fourth-order valence-corrected chi connectivity index (χ4v) is 4.23. The van der Waals surface area contributed by atoms with Crippen LogP contribution in [0.1, 0.15) is 6.42 Å². The van der Waals surface area contributed by atoms with E-state index in [1.54, 1.807) is 24.3 Å². The van der Waals surface area contributed by atoms with E-state index < -0.39 is 10.0 Å². The van der Waals surface area contributed by atoms with Crippen molar-refractivity contribution in [2.75, 3.05) is 35.1 Å². The van der Waals surface area contributed by atoms with Crippen molar-refractivity contribution in [2.45, 2.75) is 6.42 Å². The molecule has 8 heteroatoms. The highest BCUT2D eigenvalue weighted by Gasteiger charge is 2.28. The summed E-state index contributed by atoms with van der Waals surface area (Å²) in [6.45, 7) is 1.23. The lowest BCUT2D eigenvalue weighted by atomic mass is 10.2. The van der Waals surface area contributed by atoms with E-state index in [1.807, 2.05) is 30.3 Å². The van der Waals surface area contributed by atoms with E-state index in [1.165, 1.54) is 4.31 Å². The second kappa shape index (κ2) is 8.09. The lowest BCUT2D eigenvalue weighted by Crippen LogP contribution is -2.32. The Kier molecular flexibility index (Phi) is 5.62. The molecule has 3 rings (SSSR count). The number of amides is 2. The quantitative estimate of drug-likeness (QED) is 0.759. The summed E-state index contributed by atoms with van der Waals surface area (Å²) in [5.74, 6) is 0.933. The van der Waals surface area contributed by atoms with Crippen molar-refractivity contribution in [1.82, 2.24) is 5.32 Å². The van der Waals surface area contributed by atoms with Crippen molar-refractivity contribution in [3.63, 3.8) is 0 Å². The summed E-state index contributed by atoms with van der Waals surface area (Å²) in [5, 5.41) is 5.41. The second-order valence-electron chi connectivity index (χ2n) is 5.83. The van der Waals surface area contributed by atoms with Crippen LogP contribution in [-0.2, 0) is 10.0 Å². The number of urea groups is 1. The van der Waals surface area contributed by atoms with Crippen LogP contribution < -0.4 is 19.7 Å². The highest BCUT2D eigenvalue weighted by molar-refractivity contribution is 7.93. The van der Waals surface area contributed by atoms with E-state index in [9.17, 15) is 13.2 Å². The minimum absolute atomic E-state index is 0.181. The van der Waals surface area contributed by atoms with Crippen LogP contribution in [0, 0.1) is 0 Å². The fraction of sp³-hybridized carbons (Fsp3) is 0.278. The van der Waals surface area contributed by atoms with Gasteiger partial charge in [-0.15, -0.1) is 0 Å². The molecular weight excluding hydrogens is 354 g/mol. The zero-order valence-corrected chi connectivity index (χ0v) is 15.0. The Morgan fingerprint density at radius 2 is 1.81 bits per heavy atom. The number of rotatable bonds is 6. The number of hydrogen-bond donors (Lipinski definition) is 2. The maximum absolute atomic E-state index is 11.9. The maximum Gasteiger partial charge on any atom is 0.319 e. The minimum atomic E-state index is -3.19. The summed E-state index contributed by atoms with van der Waals surface area (Å²) in [7, 11) is -3.19. The van der Waals surface area contributed by atoms with Gasteiger partial charge in [0.25, 0.3) is 0 Å². The van der Waals surface area contributed by atoms with E-state index in [0.29, 0.717) is 37.5 Å². The Balaban J connectivity index is 1.44. The van der Waals surface area contributed by atoms with Crippen molar-refractivity contribution in [3.8, 4) is 5.75 Å². The van der Waals surface area contributed by atoms with Gasteiger partial charge in [0.15, 0.2) is 0 Å². The molecule has 0 aromatic heterocycles. The van der Waals surface area contributed by atoms with Gasteiger partial charge in [-0.1, -0.05) is 18.2 Å². The Hall–Kier alpha value is -2.74. The Labute approximate surface area is 153 Å². The standard InChI is InChI=1S/C18H21N3O4S/c22-18(19-11-13-25-17-5-2-1-3-6-17)20-15-7-9-16(10-8-15)21-12-4-14-26(21,23)24/h1-3,5-10H,4,11-14H2,(H2,19,20,22). The molecule has 1 fully saturated rings. The third-order valence-corrected chi connectivity index (χ3v) is 5.78. The molecule has 7 nitrogen and oxygen atoms in total. The third-order valence-electron chi connectivity index (χ3n) is 3.91. The number of carbonyl (C=O) groups is 1. The molecule has 0 spiro atoms. The molecule has 0 radical (unpaired) electrons. The summed E-state index contributed by atoms with van der Waals surface area (Å²) in [6.07, 6.45) is 0.635. The van der Waals surface area contributed by atoms with Gasteiger partial charge in [-0.05, 0) is 42.8 Å². The van der Waals surface area contributed by atoms with Crippen LogP contribution in [-0.4, -0.2) is 39.9 Å². The smallest absolute Gasteiger partial charge is 0.319 e. The monoisotopic (exact) mass is 375 g/mol. The number of hydrogen-bond acceptors (Lipinski definition) is 4. The van der Waals surface area contributed by atoms with Gasteiger partial charge in [-0.25, -0.2) is 13.2 Å². The van der Waals surface area contributed by atoms with Gasteiger partial charge < -0.3 is 15.4 Å². The van der Waals surface area contributed by atoms with Gasteiger partial charge >= 0.3 is 6.03 Å². The largest absolute Gasteiger partial charge is 0.492 e. The molecule has 0 atom stereocenters. The molecule has 2 N–H and O–H groups in total. The predicted octanol–water partition coefficient (Wildman–Crippen LogP) is 2.43. The van der Waals surface area contributed by atoms with Crippen molar-refractivity contribution >= 4 is 27.4 Å². The van der Waals surface area contributed by atoms with E-state index in [2.05, 4.69) is 10.6 Å². The molecule has 1 aliphatic heterocycles. The third kappa shape index (κ3) is 4.66. The molecule has 0 bridgehead atoms. The van der Waals surface area contributed by atoms with E-state index >= 15 is 0 Å². The molecule has 2 aromatic carbocycles. The number of sulfonamides is 1. The van der Waals surface area contributed by atoms with E-state index in [-0.39, 0.29) is 11.8 Å². The van der Waals surface area contributed by atoms with Gasteiger partial charge in [0.1, 0.15) is 12.4 Å². The van der Waals surface area contributed by atoms with E-state index in [0.717, 1.165) is 5.75 Å². The van der Waals surface area contributed by atoms with Crippen molar-refractivity contribution < 1.29 is 17.9 Å². The molecule has 1 saturated heterocycles. The number of nitrogens with one attached hydrogen (secondary N) is 2. The normalized spacial score (nSPS) is 15.5. The zero-order chi connectivity index (χ0) is 18.4. The second-order valence-corrected chi connectivity index (χ2v) is 7.84. The molecule has 0 aliphatic carbocycles. The van der Waals surface area contributed by atoms with Crippen molar-refractivity contribution in [2.24, 2.45) is 0 Å². The minimum Gasteiger partial charge on any atom is -0.492 e. The molecule has 1 heterocycles. The Morgan fingerprint density at radius 3 is 2.46 bits per heavy atom. The van der Waals surface area contributed by atoms with Crippen molar-refractivity contribution in [1.29, 1.82) is 0 Å². The number of nitrogens with zero attached hydrogens (tertiary/aromatic N) is 1. The van der Waals surface area contributed by atoms with Gasteiger partial charge in [0.05, 0.1) is 18.0 Å². The number of para-hydroxylation sites is 1. The van der Waals surface area contributed by atoms with Crippen LogP contribution in [0.25, 0.3) is 0 Å². The van der Waals surface area contributed by atoms with Gasteiger partial charge in [0, 0.05) is 12.2 Å². The average Bonchev–Trinajstić information content (AvgIpc) is 2.99. The lowest BCUT2D eigenvalue weighted by molar-refractivity contribution is 0.247. The first-order valence-corrected chi connectivity index (χ1v) is 9.99. The first-order chi connectivity index (χ1) is 12.5. The Bertz CT molecular complexity index is 838. The lowest BCUT2D eigenvalue weighted by Gasteiger charge is -2.17. The SMILES string of the molecule is O=C(NCCOc1ccccc1)Nc1ccc(N2CCCS2(=O)=O)cc1. The van der Waals surface area contributed by atoms with Crippen molar-refractivity contribution in [3.05, 3.63) is 54.6 Å². The molecular formula is C18H21N3O4S. The first kappa shape index (κ1) is 18.1. The number of ether oxygens (including phenoxy) is 1. The summed E-state index contributed by atoms with van der Waals surface area (Å²) >= 11 is 0. The maximum atomic E-state index is 11.9. The number of anilines is 2. The summed E-state index contributed by atoms with van der Waals surface area (Å²) < 4.78 is 30.7. The summed E-state index contributed by atoms with van der Waals surface area (Å²) in [4.78, 5) is 11.9. The number of benzene rings is 2. The van der Waals surface area contributed by atoms with Gasteiger partial charge in [-0.3, -0.25) is 4.31 Å². The molecule has 0 unspecified atom stereocenters. The van der Waals surface area contributed by atoms with Crippen LogP contribution in [0.4, 0.5) is 16.2 Å². The molecule has 0 saturated carbocycles. The van der Waals surface area contributed by atoms with Crippen LogP contribution in [0.2, 0.25) is 0 Å². The van der Waals surface area contributed by atoms with E-state index in [4.69, 9.17) is 4.74 Å².